The fourth-order valence-electron chi connectivity index (χ4n) is 3.51. The minimum atomic E-state index is -0.630. The van der Waals surface area contributed by atoms with Gasteiger partial charge in [-0.05, 0) is 0 Å². The second-order valence-electron chi connectivity index (χ2n) is 7.80. The van der Waals surface area contributed by atoms with E-state index in [0.29, 0.717) is 88.3 Å². The molecule has 2 aromatic heterocycles. The summed E-state index contributed by atoms with van der Waals surface area (Å²) in [6, 6.07) is 0. The molecule has 0 saturated carbocycles. The number of nitrogens with zero attached hydrogens (tertiary/aromatic N) is 8. The van der Waals surface area contributed by atoms with E-state index < -0.39 is 13.3 Å². The Kier molecular flexibility index (Phi) is 8.74. The van der Waals surface area contributed by atoms with Crippen LogP contribution in [0, 0.1) is 0 Å². The Morgan fingerprint density at radius 1 is 0.714 bits per heavy atom. The molecule has 4 rings (SSSR count). The summed E-state index contributed by atoms with van der Waals surface area (Å²) in [6.45, 7) is 4.56. The third-order valence-corrected chi connectivity index (χ3v) is 5.46. The van der Waals surface area contributed by atoms with Crippen molar-refractivity contribution in [2.24, 2.45) is 0 Å². The van der Waals surface area contributed by atoms with Crippen LogP contribution in [0.5, 0.6) is 0 Å². The van der Waals surface area contributed by atoms with Crippen LogP contribution in [0.2, 0.25) is 0 Å². The van der Waals surface area contributed by atoms with Crippen LogP contribution in [0.15, 0.2) is 0 Å². The quantitative estimate of drug-likeness (QED) is 0.266. The van der Waals surface area contributed by atoms with Crippen LogP contribution >= 0.6 is 0 Å². The third-order valence-electron chi connectivity index (χ3n) is 5.46. The average Bonchev–Trinajstić information content (AvgIpc) is 2.92. The summed E-state index contributed by atoms with van der Waals surface area (Å²) in [4.78, 5) is 31.1. The van der Waals surface area contributed by atoms with Gasteiger partial charge in [0.25, 0.3) is 0 Å². The molecule has 4 N–H and O–H groups in total. The molecule has 0 aliphatic carbocycles. The summed E-state index contributed by atoms with van der Waals surface area (Å²) >= 11 is 0. The van der Waals surface area contributed by atoms with Gasteiger partial charge in [-0.2, -0.15) is 29.9 Å². The number of hydrogen-bond donors (Lipinski definition) is 4. The normalized spacial score (nSPS) is 15.8. The van der Waals surface area contributed by atoms with E-state index in [2.05, 4.69) is 51.0 Å². The molecule has 2 aliphatic rings. The van der Waals surface area contributed by atoms with E-state index in [0.717, 1.165) is 0 Å². The third kappa shape index (κ3) is 6.60. The van der Waals surface area contributed by atoms with Gasteiger partial charge < -0.3 is 40.4 Å². The molecule has 2 fully saturated rings. The first-order chi connectivity index (χ1) is 17.1. The maximum Gasteiger partial charge on any atom is 0.310 e. The van der Waals surface area contributed by atoms with Crippen molar-refractivity contribution >= 4 is 71.5 Å². The predicted octanol–water partition coefficient (Wildman–Crippen LogP) is -2.65. The van der Waals surface area contributed by atoms with Gasteiger partial charge >= 0.3 is 6.87 Å². The zero-order chi connectivity index (χ0) is 24.6. The number of hydrogen-bond acceptors (Lipinski definition) is 14. The molecular formula is C16H26B5N12O2. The number of anilines is 6. The van der Waals surface area contributed by atoms with Gasteiger partial charge in [-0.3, -0.25) is 0 Å². The molecule has 2 aromatic rings. The van der Waals surface area contributed by atoms with Gasteiger partial charge in [0, 0.05) is 62.8 Å². The highest BCUT2D eigenvalue weighted by Crippen LogP contribution is 2.17. The molecule has 0 amide bonds. The monoisotopic (exact) mass is 473 g/mol. The molecule has 2 aliphatic heterocycles. The molecule has 0 unspecified atom stereocenters. The summed E-state index contributed by atoms with van der Waals surface area (Å²) in [6.07, 6.45) is -0.627. The summed E-state index contributed by atoms with van der Waals surface area (Å²) in [5.41, 5.74) is 0. The van der Waals surface area contributed by atoms with Crippen molar-refractivity contribution in [3.8, 4) is 0 Å². The van der Waals surface area contributed by atoms with E-state index in [1.807, 2.05) is 9.80 Å². The van der Waals surface area contributed by atoms with Crippen molar-refractivity contribution in [3.05, 3.63) is 0 Å². The van der Waals surface area contributed by atoms with Crippen LogP contribution in [-0.2, 0) is 9.47 Å². The number of nitrogens with one attached hydrogen (secondary N) is 4. The van der Waals surface area contributed by atoms with Crippen LogP contribution in [0.1, 0.15) is 0 Å². The molecule has 14 nitrogen and oxygen atoms in total. The molecule has 19 heteroatoms. The van der Waals surface area contributed by atoms with Crippen molar-refractivity contribution < 1.29 is 9.47 Å². The van der Waals surface area contributed by atoms with E-state index in [1.165, 1.54) is 7.06 Å². The predicted molar refractivity (Wildman–Crippen MR) is 141 cm³/mol. The molecule has 2 saturated heterocycles. The Hall–Kier alpha value is -2.94. The molecule has 177 valence electrons. The molecule has 0 spiro atoms. The summed E-state index contributed by atoms with van der Waals surface area (Å²) in [5, 5.41) is 12.4. The number of rotatable bonds is 10. The Balaban J connectivity index is 1.57. The summed E-state index contributed by atoms with van der Waals surface area (Å²) in [5.74, 6) is 2.53. The molecular weight excluding hydrogens is 446 g/mol. The average molecular weight is 473 g/mol. The topological polar surface area (TPSA) is 150 Å². The van der Waals surface area contributed by atoms with Gasteiger partial charge in [0.2, 0.25) is 35.7 Å². The molecule has 5 radical (unpaired) electrons. The smallest absolute Gasteiger partial charge is 0.310 e. The lowest BCUT2D eigenvalue weighted by molar-refractivity contribution is 0.122. The lowest BCUT2D eigenvalue weighted by Gasteiger charge is -2.28. The zero-order valence-electron chi connectivity index (χ0n) is 19.9. The molecule has 0 atom stereocenters. The first-order valence-corrected chi connectivity index (χ1v) is 11.5. The second-order valence-corrected chi connectivity index (χ2v) is 7.80. The molecule has 4 heterocycles. The van der Waals surface area contributed by atoms with Crippen LogP contribution in [0.3, 0.4) is 0 Å². The maximum atomic E-state index is 6.28. The van der Waals surface area contributed by atoms with Crippen molar-refractivity contribution in [1.29, 1.82) is 0 Å². The van der Waals surface area contributed by atoms with Crippen molar-refractivity contribution in [3.63, 3.8) is 0 Å². The Labute approximate surface area is 208 Å². The number of morpholine rings is 2. The van der Waals surface area contributed by atoms with Gasteiger partial charge in [0.15, 0.2) is 0 Å². The second kappa shape index (κ2) is 12.2. The van der Waals surface area contributed by atoms with E-state index >= 15 is 0 Å². The fraction of sp³-hybridized carbons (Fsp3) is 0.625. The molecule has 0 aromatic carbocycles. The first-order valence-electron chi connectivity index (χ1n) is 11.5. The number of ether oxygens (including phenoxy) is 2. The zero-order valence-corrected chi connectivity index (χ0v) is 19.9. The number of aromatic nitrogens is 6. The van der Waals surface area contributed by atoms with Crippen molar-refractivity contribution in [2.45, 2.75) is 0 Å². The van der Waals surface area contributed by atoms with Crippen LogP contribution < -0.4 is 30.9 Å². The van der Waals surface area contributed by atoms with Crippen LogP contribution in [0.4, 0.5) is 35.7 Å². The highest BCUT2D eigenvalue weighted by molar-refractivity contribution is 7.68. The van der Waals surface area contributed by atoms with Gasteiger partial charge in [-0.25, -0.2) is 0 Å². The summed E-state index contributed by atoms with van der Waals surface area (Å²) in [7, 11) is 16.9. The van der Waals surface area contributed by atoms with E-state index in [1.54, 1.807) is 14.1 Å². The van der Waals surface area contributed by atoms with Crippen LogP contribution in [-0.4, -0.2) is 132 Å². The van der Waals surface area contributed by atoms with Gasteiger partial charge in [-0.15, -0.1) is 0 Å². The maximum absolute atomic E-state index is 6.28. The Morgan fingerprint density at radius 2 is 1.11 bits per heavy atom. The van der Waals surface area contributed by atoms with E-state index in [9.17, 15) is 0 Å². The van der Waals surface area contributed by atoms with Crippen molar-refractivity contribution in [1.82, 2.24) is 29.9 Å². The molecule has 35 heavy (non-hydrogen) atoms. The highest BCUT2D eigenvalue weighted by atomic mass is 16.5. The SMILES string of the molecule is [B][B]B([B])B(Nc1nc(NC)nc(N2CCOCC2)n1)Nc1nc(NC)nc(N2CCOCC2)n1. The largest absolute Gasteiger partial charge is 0.385 e. The van der Waals surface area contributed by atoms with E-state index in [4.69, 9.17) is 24.9 Å². The van der Waals surface area contributed by atoms with Gasteiger partial charge in [-0.1, -0.05) is 0 Å². The van der Waals surface area contributed by atoms with Crippen LogP contribution in [0.25, 0.3) is 0 Å². The molecule has 0 bridgehead atoms. The lowest BCUT2D eigenvalue weighted by Crippen LogP contribution is -2.54. The van der Waals surface area contributed by atoms with Crippen molar-refractivity contribution in [2.75, 3.05) is 97.6 Å². The lowest BCUT2D eigenvalue weighted by atomic mass is 8.90. The standard InChI is InChI=1S/C16H26B5N12O2/c1-22-11-24-13(28-15(26-11)32-3-7-34-8-4-32)30-21(20(18)19-17)31-14-25-12(23-2)27-16(29-14)33-5-9-35-10-6-33/h3-10H2,1-2H3,(H2,22,24,26,28,30)(H2,23,25,27,29,31). The summed E-state index contributed by atoms with van der Waals surface area (Å²) < 4.78 is 10.9. The fourth-order valence-corrected chi connectivity index (χ4v) is 3.51. The Bertz CT molecular complexity index is 897. The highest BCUT2D eigenvalue weighted by Gasteiger charge is 2.27. The Morgan fingerprint density at radius 3 is 1.49 bits per heavy atom. The van der Waals surface area contributed by atoms with Gasteiger partial charge in [0.05, 0.1) is 32.8 Å². The minimum Gasteiger partial charge on any atom is -0.385 e. The van der Waals surface area contributed by atoms with Gasteiger partial charge in [0.1, 0.15) is 0 Å². The first kappa shape index (κ1) is 25.2. The minimum absolute atomic E-state index is 0.317. The van der Waals surface area contributed by atoms with E-state index in [-0.39, 0.29) is 0 Å².